The molecular weight excluding hydrogens is 226 g/mol. The maximum absolute atomic E-state index is 12.2. The Labute approximate surface area is 109 Å². The number of likely N-dealkylation sites (N-methyl/N-ethyl adjacent to an activating group) is 1. The minimum absolute atomic E-state index is 0.148. The van der Waals surface area contributed by atoms with Crippen molar-refractivity contribution in [2.75, 3.05) is 38.1 Å². The molecule has 18 heavy (non-hydrogen) atoms. The second kappa shape index (κ2) is 5.98. The molecule has 4 nitrogen and oxygen atoms in total. The van der Waals surface area contributed by atoms with E-state index in [1.807, 2.05) is 37.4 Å². The highest BCUT2D eigenvalue weighted by Crippen LogP contribution is 2.12. The van der Waals surface area contributed by atoms with E-state index in [1.54, 1.807) is 4.90 Å². The molecule has 0 aromatic heterocycles. The van der Waals surface area contributed by atoms with E-state index in [0.717, 1.165) is 25.3 Å². The molecule has 1 N–H and O–H groups in total. The quantitative estimate of drug-likeness (QED) is 0.863. The lowest BCUT2D eigenvalue weighted by atomic mass is 10.2. The molecule has 1 aromatic rings. The zero-order valence-corrected chi connectivity index (χ0v) is 11.1. The Morgan fingerprint density at radius 1 is 1.44 bits per heavy atom. The summed E-state index contributed by atoms with van der Waals surface area (Å²) in [6, 6.07) is 10.2. The number of nitrogens with zero attached hydrogens (tertiary/aromatic N) is 2. The summed E-state index contributed by atoms with van der Waals surface area (Å²) in [7, 11) is 1.84. The fraction of sp³-hybridized carbons (Fsp3) is 0.500. The first-order valence-electron chi connectivity index (χ1n) is 6.45. The summed E-state index contributed by atoms with van der Waals surface area (Å²) in [6.07, 6.45) is 0. The van der Waals surface area contributed by atoms with Crippen LogP contribution < -0.4 is 10.2 Å². The number of hydrogen-bond donors (Lipinski definition) is 1. The van der Waals surface area contributed by atoms with E-state index in [-0.39, 0.29) is 5.91 Å². The van der Waals surface area contributed by atoms with Gasteiger partial charge in [-0.2, -0.15) is 0 Å². The van der Waals surface area contributed by atoms with Gasteiger partial charge >= 0.3 is 0 Å². The molecule has 1 aliphatic heterocycles. The topological polar surface area (TPSA) is 35.6 Å². The van der Waals surface area contributed by atoms with Crippen molar-refractivity contribution < 1.29 is 4.79 Å². The number of piperazine rings is 1. The molecule has 0 radical (unpaired) electrons. The number of anilines is 1. The Kier molecular flexibility index (Phi) is 4.33. The van der Waals surface area contributed by atoms with Crippen LogP contribution in [-0.2, 0) is 4.79 Å². The van der Waals surface area contributed by atoms with E-state index in [4.69, 9.17) is 0 Å². The number of benzene rings is 1. The van der Waals surface area contributed by atoms with Gasteiger partial charge in [0.25, 0.3) is 0 Å². The Morgan fingerprint density at radius 2 is 2.17 bits per heavy atom. The van der Waals surface area contributed by atoms with Gasteiger partial charge in [0.2, 0.25) is 5.91 Å². The van der Waals surface area contributed by atoms with E-state index in [2.05, 4.69) is 17.1 Å². The number of rotatable bonds is 3. The molecule has 1 saturated heterocycles. The lowest BCUT2D eigenvalue weighted by Crippen LogP contribution is -2.52. The third-order valence-electron chi connectivity index (χ3n) is 3.49. The van der Waals surface area contributed by atoms with Crippen LogP contribution in [0.1, 0.15) is 6.92 Å². The first-order chi connectivity index (χ1) is 8.68. The van der Waals surface area contributed by atoms with Crippen molar-refractivity contribution in [3.8, 4) is 0 Å². The van der Waals surface area contributed by atoms with Crippen LogP contribution in [0.15, 0.2) is 30.3 Å². The van der Waals surface area contributed by atoms with E-state index >= 15 is 0 Å². The molecule has 1 aromatic carbocycles. The molecule has 0 saturated carbocycles. The van der Waals surface area contributed by atoms with E-state index in [9.17, 15) is 4.79 Å². The second-order valence-electron chi connectivity index (χ2n) is 4.81. The molecule has 2 rings (SSSR count). The lowest BCUT2D eigenvalue weighted by molar-refractivity contribution is -0.120. The summed E-state index contributed by atoms with van der Waals surface area (Å²) in [4.78, 5) is 16.2. The Bertz CT molecular complexity index is 393. The highest BCUT2D eigenvalue weighted by Gasteiger charge is 2.22. The van der Waals surface area contributed by atoms with Crippen LogP contribution in [0.4, 0.5) is 5.69 Å². The minimum Gasteiger partial charge on any atom is -0.314 e. The summed E-state index contributed by atoms with van der Waals surface area (Å²) in [5.74, 6) is 0.148. The summed E-state index contributed by atoms with van der Waals surface area (Å²) in [5, 5.41) is 3.33. The molecule has 0 bridgehead atoms. The summed E-state index contributed by atoms with van der Waals surface area (Å²) < 4.78 is 0. The predicted molar refractivity (Wildman–Crippen MR) is 73.8 cm³/mol. The van der Waals surface area contributed by atoms with Crippen LogP contribution in [0.5, 0.6) is 0 Å². The Balaban J connectivity index is 1.95. The molecule has 1 heterocycles. The zero-order valence-electron chi connectivity index (χ0n) is 11.1. The van der Waals surface area contributed by atoms with Crippen LogP contribution in [-0.4, -0.2) is 50.1 Å². The van der Waals surface area contributed by atoms with Crippen molar-refractivity contribution in [3.05, 3.63) is 30.3 Å². The average molecular weight is 247 g/mol. The Hall–Kier alpha value is -1.39. The van der Waals surface area contributed by atoms with Crippen LogP contribution in [0.2, 0.25) is 0 Å². The molecule has 1 fully saturated rings. The van der Waals surface area contributed by atoms with Crippen molar-refractivity contribution in [3.63, 3.8) is 0 Å². The largest absolute Gasteiger partial charge is 0.314 e. The summed E-state index contributed by atoms with van der Waals surface area (Å²) >= 11 is 0. The number of carbonyl (C=O) groups excluding carboxylic acids is 1. The van der Waals surface area contributed by atoms with Gasteiger partial charge in [-0.15, -0.1) is 0 Å². The number of nitrogens with one attached hydrogen (secondary N) is 1. The minimum atomic E-state index is 0.148. The molecule has 0 unspecified atom stereocenters. The molecular formula is C14H21N3O. The van der Waals surface area contributed by atoms with Gasteiger partial charge in [-0.1, -0.05) is 18.2 Å². The second-order valence-corrected chi connectivity index (χ2v) is 4.81. The van der Waals surface area contributed by atoms with E-state index in [0.29, 0.717) is 12.6 Å². The number of amides is 1. The fourth-order valence-corrected chi connectivity index (χ4v) is 2.19. The smallest absolute Gasteiger partial charge is 0.240 e. The third-order valence-corrected chi connectivity index (χ3v) is 3.49. The standard InChI is InChI=1S/C14H21N3O/c1-12-10-15-8-9-17(12)11-14(18)16(2)13-6-4-3-5-7-13/h3-7,12,15H,8-11H2,1-2H3/t12-/m1/s1. The normalized spacial score (nSPS) is 20.7. The molecule has 4 heteroatoms. The summed E-state index contributed by atoms with van der Waals surface area (Å²) in [5.41, 5.74) is 0.949. The SMILES string of the molecule is C[C@@H]1CNCCN1CC(=O)N(C)c1ccccc1. The third kappa shape index (κ3) is 3.09. The molecule has 1 amide bonds. The van der Waals surface area contributed by atoms with Crippen LogP contribution in [0.3, 0.4) is 0 Å². The van der Waals surface area contributed by atoms with Crippen molar-refractivity contribution in [2.24, 2.45) is 0 Å². The van der Waals surface area contributed by atoms with Gasteiger partial charge in [0.15, 0.2) is 0 Å². The summed E-state index contributed by atoms with van der Waals surface area (Å²) in [6.45, 7) is 5.51. The van der Waals surface area contributed by atoms with Gasteiger partial charge in [0.05, 0.1) is 6.54 Å². The average Bonchev–Trinajstić information content (AvgIpc) is 2.41. The van der Waals surface area contributed by atoms with Crippen LogP contribution in [0, 0.1) is 0 Å². The highest BCUT2D eigenvalue weighted by molar-refractivity contribution is 5.94. The van der Waals surface area contributed by atoms with E-state index < -0.39 is 0 Å². The molecule has 0 spiro atoms. The molecule has 1 atom stereocenters. The van der Waals surface area contributed by atoms with Crippen LogP contribution >= 0.6 is 0 Å². The van der Waals surface area contributed by atoms with Crippen molar-refractivity contribution in [2.45, 2.75) is 13.0 Å². The van der Waals surface area contributed by atoms with Crippen molar-refractivity contribution in [1.29, 1.82) is 0 Å². The van der Waals surface area contributed by atoms with Crippen molar-refractivity contribution >= 4 is 11.6 Å². The number of hydrogen-bond acceptors (Lipinski definition) is 3. The zero-order chi connectivity index (χ0) is 13.0. The van der Waals surface area contributed by atoms with Crippen molar-refractivity contribution in [1.82, 2.24) is 10.2 Å². The molecule has 0 aliphatic carbocycles. The molecule has 1 aliphatic rings. The van der Waals surface area contributed by atoms with Gasteiger partial charge in [-0.05, 0) is 19.1 Å². The van der Waals surface area contributed by atoms with Crippen LogP contribution in [0.25, 0.3) is 0 Å². The van der Waals surface area contributed by atoms with Gasteiger partial charge in [0.1, 0.15) is 0 Å². The number of carbonyl (C=O) groups is 1. The first-order valence-corrected chi connectivity index (χ1v) is 6.45. The van der Waals surface area contributed by atoms with Gasteiger partial charge in [-0.25, -0.2) is 0 Å². The fourth-order valence-electron chi connectivity index (χ4n) is 2.19. The lowest BCUT2D eigenvalue weighted by Gasteiger charge is -2.34. The van der Waals surface area contributed by atoms with Gasteiger partial charge in [-0.3, -0.25) is 9.69 Å². The van der Waals surface area contributed by atoms with Gasteiger partial charge in [0, 0.05) is 38.4 Å². The van der Waals surface area contributed by atoms with Gasteiger partial charge < -0.3 is 10.2 Å². The monoisotopic (exact) mass is 247 g/mol. The highest BCUT2D eigenvalue weighted by atomic mass is 16.2. The first kappa shape index (κ1) is 13.1. The maximum Gasteiger partial charge on any atom is 0.240 e. The number of para-hydroxylation sites is 1. The molecule has 98 valence electrons. The Morgan fingerprint density at radius 3 is 2.83 bits per heavy atom. The predicted octanol–water partition coefficient (Wildman–Crippen LogP) is 0.943. The van der Waals surface area contributed by atoms with E-state index in [1.165, 1.54) is 0 Å². The maximum atomic E-state index is 12.2.